The van der Waals surface area contributed by atoms with Gasteiger partial charge in [0.2, 0.25) is 0 Å². The molecule has 0 aliphatic heterocycles. The number of allylic oxidation sites excluding steroid dienone is 1. The Morgan fingerprint density at radius 2 is 2.11 bits per heavy atom. The Morgan fingerprint density at radius 3 is 2.89 bits per heavy atom. The first-order valence-electron chi connectivity index (χ1n) is 6.85. The largest absolute Gasteiger partial charge is 0.324 e. The average molecular weight is 252 g/mol. The van der Waals surface area contributed by atoms with Gasteiger partial charge in [-0.1, -0.05) is 32.1 Å². The van der Waals surface area contributed by atoms with Gasteiger partial charge in [-0.25, -0.2) is 0 Å². The molecule has 1 aliphatic carbocycles. The highest BCUT2D eigenvalue weighted by Crippen LogP contribution is 2.39. The second-order valence-corrected chi connectivity index (χ2v) is 6.31. The Hall–Kier alpha value is -1.67. The summed E-state index contributed by atoms with van der Waals surface area (Å²) in [5.74, 6) is 0. The number of benzene rings is 1. The lowest BCUT2D eigenvalue weighted by Gasteiger charge is -2.33. The standard InChI is InChI=1S/C17H20N2/c1-17(2)10-14(9-15(18)11-17)12-5-6-16-13(8-12)4-3-7-19-16/h3-9,15H,10-11,18H2,1-2H3. The minimum atomic E-state index is 0.170. The third-order valence-electron chi connectivity index (χ3n) is 3.85. The van der Waals surface area contributed by atoms with Crippen LogP contribution in [-0.2, 0) is 0 Å². The smallest absolute Gasteiger partial charge is 0.0702 e. The number of hydrogen-bond donors (Lipinski definition) is 1. The molecule has 2 N–H and O–H groups in total. The van der Waals surface area contributed by atoms with E-state index >= 15 is 0 Å². The molecule has 0 saturated carbocycles. The summed E-state index contributed by atoms with van der Waals surface area (Å²) < 4.78 is 0. The molecule has 1 atom stereocenters. The van der Waals surface area contributed by atoms with Gasteiger partial charge in [0.05, 0.1) is 5.52 Å². The van der Waals surface area contributed by atoms with Crippen molar-refractivity contribution in [2.75, 3.05) is 0 Å². The lowest BCUT2D eigenvalue weighted by Crippen LogP contribution is -2.30. The first-order chi connectivity index (χ1) is 9.03. The Morgan fingerprint density at radius 1 is 1.26 bits per heavy atom. The fraction of sp³-hybridized carbons (Fsp3) is 0.353. The maximum Gasteiger partial charge on any atom is 0.0702 e. The molecular weight excluding hydrogens is 232 g/mol. The molecule has 0 amide bonds. The molecule has 98 valence electrons. The van der Waals surface area contributed by atoms with E-state index in [0.29, 0.717) is 0 Å². The van der Waals surface area contributed by atoms with Gasteiger partial charge >= 0.3 is 0 Å². The molecule has 1 unspecified atom stereocenters. The summed E-state index contributed by atoms with van der Waals surface area (Å²) >= 11 is 0. The van der Waals surface area contributed by atoms with Crippen LogP contribution in [0.25, 0.3) is 16.5 Å². The summed E-state index contributed by atoms with van der Waals surface area (Å²) in [6.45, 7) is 4.59. The number of rotatable bonds is 1. The minimum Gasteiger partial charge on any atom is -0.324 e. The zero-order valence-corrected chi connectivity index (χ0v) is 11.6. The van der Waals surface area contributed by atoms with E-state index in [1.165, 1.54) is 16.5 Å². The monoisotopic (exact) mass is 252 g/mol. The van der Waals surface area contributed by atoms with E-state index in [2.05, 4.69) is 49.2 Å². The Balaban J connectivity index is 2.04. The van der Waals surface area contributed by atoms with Crippen LogP contribution in [0.3, 0.4) is 0 Å². The van der Waals surface area contributed by atoms with Crippen molar-refractivity contribution in [2.24, 2.45) is 11.1 Å². The summed E-state index contributed by atoms with van der Waals surface area (Å²) in [6, 6.07) is 10.7. The average Bonchev–Trinajstić information content (AvgIpc) is 2.36. The lowest BCUT2D eigenvalue weighted by atomic mass is 9.74. The van der Waals surface area contributed by atoms with Crippen LogP contribution in [-0.4, -0.2) is 11.0 Å². The maximum atomic E-state index is 6.16. The van der Waals surface area contributed by atoms with Crippen LogP contribution in [0, 0.1) is 5.41 Å². The van der Waals surface area contributed by atoms with E-state index in [1.54, 1.807) is 0 Å². The molecule has 0 spiro atoms. The number of hydrogen-bond acceptors (Lipinski definition) is 2. The van der Waals surface area contributed by atoms with E-state index in [-0.39, 0.29) is 11.5 Å². The van der Waals surface area contributed by atoms with E-state index in [4.69, 9.17) is 5.73 Å². The number of fused-ring (bicyclic) bond motifs is 1. The molecule has 0 fully saturated rings. The van der Waals surface area contributed by atoms with Gasteiger partial charge in [-0.05, 0) is 47.6 Å². The van der Waals surface area contributed by atoms with E-state index in [9.17, 15) is 0 Å². The van der Waals surface area contributed by atoms with Gasteiger partial charge < -0.3 is 5.73 Å². The van der Waals surface area contributed by atoms with Crippen molar-refractivity contribution in [1.29, 1.82) is 0 Å². The van der Waals surface area contributed by atoms with Crippen LogP contribution >= 0.6 is 0 Å². The third kappa shape index (κ3) is 2.54. The Bertz CT molecular complexity index is 641. The first-order valence-corrected chi connectivity index (χ1v) is 6.85. The summed E-state index contributed by atoms with van der Waals surface area (Å²) in [4.78, 5) is 4.37. The zero-order valence-electron chi connectivity index (χ0n) is 11.6. The summed E-state index contributed by atoms with van der Waals surface area (Å²) in [5.41, 5.74) is 10.1. The second-order valence-electron chi connectivity index (χ2n) is 6.31. The molecular formula is C17H20N2. The minimum absolute atomic E-state index is 0.170. The number of pyridine rings is 1. The topological polar surface area (TPSA) is 38.9 Å². The molecule has 0 saturated heterocycles. The summed E-state index contributed by atoms with van der Waals surface area (Å²) in [6.07, 6.45) is 6.21. The summed E-state index contributed by atoms with van der Waals surface area (Å²) in [5, 5.41) is 1.19. The van der Waals surface area contributed by atoms with Crippen molar-refractivity contribution < 1.29 is 0 Å². The van der Waals surface area contributed by atoms with Crippen molar-refractivity contribution in [3.05, 3.63) is 48.2 Å². The highest BCUT2D eigenvalue weighted by Gasteiger charge is 2.27. The van der Waals surface area contributed by atoms with Crippen LogP contribution in [0.2, 0.25) is 0 Å². The van der Waals surface area contributed by atoms with Gasteiger partial charge in [0.15, 0.2) is 0 Å². The first kappa shape index (κ1) is 12.4. The predicted octanol–water partition coefficient (Wildman–Crippen LogP) is 3.77. The molecule has 2 aromatic rings. The highest BCUT2D eigenvalue weighted by molar-refractivity contribution is 5.83. The van der Waals surface area contributed by atoms with Gasteiger partial charge in [-0.3, -0.25) is 4.98 Å². The van der Waals surface area contributed by atoms with Crippen LogP contribution in [0.5, 0.6) is 0 Å². The van der Waals surface area contributed by atoms with Crippen LogP contribution in [0.15, 0.2) is 42.6 Å². The van der Waals surface area contributed by atoms with Gasteiger partial charge in [0.1, 0.15) is 0 Å². The van der Waals surface area contributed by atoms with Crippen molar-refractivity contribution >= 4 is 16.5 Å². The number of nitrogens with two attached hydrogens (primary N) is 1. The zero-order chi connectivity index (χ0) is 13.5. The number of nitrogens with zero attached hydrogens (tertiary/aromatic N) is 1. The summed E-state index contributed by atoms with van der Waals surface area (Å²) in [7, 11) is 0. The van der Waals surface area contributed by atoms with Crippen molar-refractivity contribution in [1.82, 2.24) is 4.98 Å². The van der Waals surface area contributed by atoms with Crippen LogP contribution < -0.4 is 5.73 Å². The van der Waals surface area contributed by atoms with Crippen molar-refractivity contribution in [3.8, 4) is 0 Å². The SMILES string of the molecule is CC1(C)CC(c2ccc3ncccc3c2)=CC(N)C1. The Kier molecular flexibility index (Phi) is 2.90. The van der Waals surface area contributed by atoms with E-state index < -0.39 is 0 Å². The molecule has 1 aromatic heterocycles. The molecule has 1 aromatic carbocycles. The molecule has 2 heteroatoms. The van der Waals surface area contributed by atoms with Crippen molar-refractivity contribution in [3.63, 3.8) is 0 Å². The van der Waals surface area contributed by atoms with Gasteiger partial charge in [0, 0.05) is 17.6 Å². The molecule has 1 aliphatic rings. The quantitative estimate of drug-likeness (QED) is 0.839. The molecule has 0 bridgehead atoms. The highest BCUT2D eigenvalue weighted by atomic mass is 14.6. The van der Waals surface area contributed by atoms with Crippen molar-refractivity contribution in [2.45, 2.75) is 32.7 Å². The Labute approximate surface area is 114 Å². The number of aromatic nitrogens is 1. The van der Waals surface area contributed by atoms with Gasteiger partial charge in [-0.15, -0.1) is 0 Å². The molecule has 2 nitrogen and oxygen atoms in total. The fourth-order valence-corrected chi connectivity index (χ4v) is 3.08. The van der Waals surface area contributed by atoms with E-state index in [0.717, 1.165) is 18.4 Å². The second kappa shape index (κ2) is 4.46. The lowest BCUT2D eigenvalue weighted by molar-refractivity contribution is 0.319. The normalized spacial score (nSPS) is 22.3. The molecule has 0 radical (unpaired) electrons. The fourth-order valence-electron chi connectivity index (χ4n) is 3.08. The third-order valence-corrected chi connectivity index (χ3v) is 3.85. The molecule has 1 heterocycles. The predicted molar refractivity (Wildman–Crippen MR) is 80.7 cm³/mol. The maximum absolute atomic E-state index is 6.16. The van der Waals surface area contributed by atoms with Gasteiger partial charge in [0.25, 0.3) is 0 Å². The van der Waals surface area contributed by atoms with Crippen LogP contribution in [0.4, 0.5) is 0 Å². The molecule has 3 rings (SSSR count). The van der Waals surface area contributed by atoms with E-state index in [1.807, 2.05) is 12.3 Å². The van der Waals surface area contributed by atoms with Gasteiger partial charge in [-0.2, -0.15) is 0 Å². The van der Waals surface area contributed by atoms with Crippen LogP contribution in [0.1, 0.15) is 32.3 Å². The molecule has 19 heavy (non-hydrogen) atoms.